The van der Waals surface area contributed by atoms with E-state index in [1.54, 1.807) is 23.2 Å². The summed E-state index contributed by atoms with van der Waals surface area (Å²) in [6, 6.07) is 7.75. The summed E-state index contributed by atoms with van der Waals surface area (Å²) in [6.45, 7) is 0.960. The molecule has 1 aromatic heterocycles. The number of hydrogen-bond donors (Lipinski definition) is 0. The van der Waals surface area contributed by atoms with E-state index in [2.05, 4.69) is 5.10 Å². The lowest BCUT2D eigenvalue weighted by atomic mass is 9.34. The summed E-state index contributed by atoms with van der Waals surface area (Å²) in [5, 5.41) is 4.26. The number of benzene rings is 1. The lowest BCUT2D eigenvalue weighted by Crippen LogP contribution is -2.69. The Balaban J connectivity index is 1.31. The van der Waals surface area contributed by atoms with Gasteiger partial charge in [-0.25, -0.2) is 8.78 Å². The van der Waals surface area contributed by atoms with Crippen LogP contribution in [0.4, 0.5) is 8.78 Å². The highest BCUT2D eigenvalue weighted by molar-refractivity contribution is 5.87. The number of rotatable bonds is 4. The van der Waals surface area contributed by atoms with Crippen molar-refractivity contribution in [2.45, 2.75) is 44.4 Å². The summed E-state index contributed by atoms with van der Waals surface area (Å²) in [6.07, 6.45) is 5.47. The van der Waals surface area contributed by atoms with Gasteiger partial charge in [-0.1, -0.05) is 12.1 Å². The Kier molecular flexibility index (Phi) is 3.30. The average molecular weight is 357 g/mol. The van der Waals surface area contributed by atoms with Crippen LogP contribution in [0.25, 0.3) is 0 Å². The van der Waals surface area contributed by atoms with Crippen LogP contribution in [0.3, 0.4) is 0 Å². The van der Waals surface area contributed by atoms with Crippen molar-refractivity contribution in [1.82, 2.24) is 14.7 Å². The molecule has 0 spiro atoms. The molecule has 4 aliphatic rings. The molecule has 2 bridgehead atoms. The molecule has 1 aliphatic heterocycles. The highest BCUT2D eigenvalue weighted by Gasteiger charge is 2.72. The summed E-state index contributed by atoms with van der Waals surface area (Å²) in [7, 11) is 0. The van der Waals surface area contributed by atoms with E-state index in [0.717, 1.165) is 25.8 Å². The van der Waals surface area contributed by atoms with E-state index in [1.165, 1.54) is 12.1 Å². The van der Waals surface area contributed by atoms with Crippen LogP contribution in [0, 0.1) is 16.6 Å². The Morgan fingerprint density at radius 3 is 2.77 bits per heavy atom. The third-order valence-corrected chi connectivity index (χ3v) is 6.39. The highest BCUT2D eigenvalue weighted by Crippen LogP contribution is 2.74. The van der Waals surface area contributed by atoms with E-state index in [9.17, 15) is 13.6 Å². The standard InChI is InChI=1S/C20H21F2N3O/c21-15-4-1-3-14(7-15)17-8-16(22)9-25(17)18(26)20-10-19(11-20,12-20)13-24-6-2-5-23-24/h1-7,16-17H,8-13H2. The quantitative estimate of drug-likeness (QED) is 0.840. The van der Waals surface area contributed by atoms with Gasteiger partial charge in [0.05, 0.1) is 18.0 Å². The van der Waals surface area contributed by atoms with Crippen molar-refractivity contribution in [2.75, 3.05) is 6.54 Å². The second-order valence-electron chi connectivity index (χ2n) is 8.38. The fraction of sp³-hybridized carbons (Fsp3) is 0.500. The van der Waals surface area contributed by atoms with Crippen LogP contribution in [0.15, 0.2) is 42.7 Å². The smallest absolute Gasteiger partial charge is 0.229 e. The number of nitrogens with zero attached hydrogens (tertiary/aromatic N) is 3. The van der Waals surface area contributed by atoms with Crippen molar-refractivity contribution in [3.63, 3.8) is 0 Å². The Bertz CT molecular complexity index is 831. The molecule has 2 atom stereocenters. The van der Waals surface area contributed by atoms with Gasteiger partial charge in [0.2, 0.25) is 5.91 Å². The summed E-state index contributed by atoms with van der Waals surface area (Å²) >= 11 is 0. The second-order valence-corrected chi connectivity index (χ2v) is 8.38. The molecule has 4 nitrogen and oxygen atoms in total. The SMILES string of the molecule is O=C(N1CC(F)CC1c1cccc(F)c1)C12CC(Cn3cccn3)(C1)C2. The van der Waals surface area contributed by atoms with Gasteiger partial charge in [0, 0.05) is 25.4 Å². The van der Waals surface area contributed by atoms with Crippen molar-refractivity contribution in [3.8, 4) is 0 Å². The molecule has 2 aromatic rings. The van der Waals surface area contributed by atoms with Gasteiger partial charge in [0.15, 0.2) is 0 Å². The number of carbonyl (C=O) groups is 1. The molecule has 2 heterocycles. The van der Waals surface area contributed by atoms with Crippen LogP contribution in [0.1, 0.15) is 37.3 Å². The van der Waals surface area contributed by atoms with E-state index in [1.807, 2.05) is 16.9 Å². The molecular formula is C20H21F2N3O. The van der Waals surface area contributed by atoms with Gasteiger partial charge >= 0.3 is 0 Å². The first kappa shape index (κ1) is 16.0. The molecule has 3 aliphatic carbocycles. The van der Waals surface area contributed by atoms with Crippen molar-refractivity contribution in [1.29, 1.82) is 0 Å². The molecule has 2 unspecified atom stereocenters. The maximum atomic E-state index is 14.1. The third-order valence-electron chi connectivity index (χ3n) is 6.39. The number of carbonyl (C=O) groups excluding carboxylic acids is 1. The van der Waals surface area contributed by atoms with Crippen LogP contribution in [0.2, 0.25) is 0 Å². The topological polar surface area (TPSA) is 38.1 Å². The number of amides is 1. The molecule has 3 saturated carbocycles. The lowest BCUT2D eigenvalue weighted by Gasteiger charge is -2.70. The fourth-order valence-electron chi connectivity index (χ4n) is 5.47. The average Bonchev–Trinajstić information content (AvgIpc) is 3.18. The zero-order valence-electron chi connectivity index (χ0n) is 14.4. The minimum absolute atomic E-state index is 0.0502. The van der Waals surface area contributed by atoms with Gasteiger partial charge in [-0.2, -0.15) is 5.10 Å². The molecule has 0 N–H and O–H groups in total. The minimum atomic E-state index is -1.04. The van der Waals surface area contributed by atoms with Gasteiger partial charge in [0.25, 0.3) is 0 Å². The summed E-state index contributed by atoms with van der Waals surface area (Å²) in [4.78, 5) is 14.9. The normalized spacial score (nSPS) is 35.1. The zero-order valence-corrected chi connectivity index (χ0v) is 14.4. The van der Waals surface area contributed by atoms with Gasteiger partial charge in [-0.3, -0.25) is 9.48 Å². The van der Waals surface area contributed by atoms with Crippen molar-refractivity contribution >= 4 is 5.91 Å². The van der Waals surface area contributed by atoms with Gasteiger partial charge < -0.3 is 4.90 Å². The number of aromatic nitrogens is 2. The van der Waals surface area contributed by atoms with E-state index in [4.69, 9.17) is 0 Å². The van der Waals surface area contributed by atoms with Crippen molar-refractivity contribution in [3.05, 3.63) is 54.1 Å². The first-order chi connectivity index (χ1) is 12.5. The Morgan fingerprint density at radius 1 is 1.27 bits per heavy atom. The van der Waals surface area contributed by atoms with Crippen molar-refractivity contribution < 1.29 is 13.6 Å². The molecule has 26 heavy (non-hydrogen) atoms. The zero-order chi connectivity index (χ0) is 17.9. The second kappa shape index (κ2) is 5.38. The van der Waals surface area contributed by atoms with Crippen molar-refractivity contribution in [2.24, 2.45) is 10.8 Å². The van der Waals surface area contributed by atoms with E-state index < -0.39 is 6.17 Å². The molecular weight excluding hydrogens is 336 g/mol. The molecule has 0 radical (unpaired) electrons. The number of hydrogen-bond acceptors (Lipinski definition) is 2. The molecule has 6 rings (SSSR count). The van der Waals surface area contributed by atoms with E-state index in [-0.39, 0.29) is 41.6 Å². The predicted molar refractivity (Wildman–Crippen MR) is 91.3 cm³/mol. The van der Waals surface area contributed by atoms with Gasteiger partial charge in [-0.15, -0.1) is 0 Å². The number of alkyl halides is 1. The third kappa shape index (κ3) is 2.31. The molecule has 6 heteroatoms. The highest BCUT2D eigenvalue weighted by atomic mass is 19.1. The van der Waals surface area contributed by atoms with E-state index >= 15 is 0 Å². The monoisotopic (exact) mass is 357 g/mol. The molecule has 1 amide bonds. The molecule has 136 valence electrons. The molecule has 1 aromatic carbocycles. The largest absolute Gasteiger partial charge is 0.332 e. The maximum absolute atomic E-state index is 14.1. The van der Waals surface area contributed by atoms with E-state index in [0.29, 0.717) is 5.56 Å². The summed E-state index contributed by atoms with van der Waals surface area (Å²) in [5.74, 6) is -0.296. The van der Waals surface area contributed by atoms with Gasteiger partial charge in [0.1, 0.15) is 12.0 Å². The van der Waals surface area contributed by atoms with Gasteiger partial charge in [-0.05, 0) is 48.4 Å². The predicted octanol–water partition coefficient (Wildman–Crippen LogP) is 3.50. The Labute approximate surface area is 150 Å². The fourth-order valence-corrected chi connectivity index (χ4v) is 5.47. The van der Waals surface area contributed by atoms with Crippen LogP contribution in [-0.4, -0.2) is 33.3 Å². The maximum Gasteiger partial charge on any atom is 0.229 e. The first-order valence-corrected chi connectivity index (χ1v) is 9.17. The Morgan fingerprint density at radius 2 is 2.08 bits per heavy atom. The van der Waals surface area contributed by atoms with Crippen LogP contribution in [-0.2, 0) is 11.3 Å². The van der Waals surface area contributed by atoms with Crippen LogP contribution in [0.5, 0.6) is 0 Å². The van der Waals surface area contributed by atoms with Crippen LogP contribution < -0.4 is 0 Å². The first-order valence-electron chi connectivity index (χ1n) is 9.17. The summed E-state index contributed by atoms with van der Waals surface area (Å²) in [5.41, 5.74) is 0.532. The lowest BCUT2D eigenvalue weighted by molar-refractivity contribution is -0.223. The Hall–Kier alpha value is -2.24. The molecule has 4 fully saturated rings. The number of halogens is 2. The van der Waals surface area contributed by atoms with Crippen LogP contribution >= 0.6 is 0 Å². The number of likely N-dealkylation sites (tertiary alicyclic amines) is 1. The summed E-state index contributed by atoms with van der Waals surface area (Å²) < 4.78 is 29.6. The minimum Gasteiger partial charge on any atom is -0.332 e. The molecule has 1 saturated heterocycles.